The summed E-state index contributed by atoms with van der Waals surface area (Å²) in [6.45, 7) is -3.11. The Morgan fingerprint density at radius 2 is 1.64 bits per heavy atom. The van der Waals surface area contributed by atoms with Gasteiger partial charge in [0.25, 0.3) is 0 Å². The monoisotopic (exact) mass is 393 g/mol. The van der Waals surface area contributed by atoms with Crippen LogP contribution in [0.5, 0.6) is 11.5 Å². The summed E-state index contributed by atoms with van der Waals surface area (Å²) in [7, 11) is 1.50. The van der Waals surface area contributed by atoms with Crippen LogP contribution in [0.3, 0.4) is 0 Å². The fraction of sp³-hybridized carbons (Fsp3) is 0.300. The summed E-state index contributed by atoms with van der Waals surface area (Å²) < 4.78 is 34.5. The number of aliphatic carboxylic acids is 1. The normalized spacial score (nSPS) is 11.7. The third-order valence-corrected chi connectivity index (χ3v) is 4.09. The molecule has 28 heavy (non-hydrogen) atoms. The van der Waals surface area contributed by atoms with Gasteiger partial charge >= 0.3 is 12.6 Å². The number of rotatable bonds is 10. The number of nitrogens with one attached hydrogen (secondary N) is 1. The van der Waals surface area contributed by atoms with Crippen molar-refractivity contribution in [2.45, 2.75) is 19.5 Å². The van der Waals surface area contributed by atoms with Crippen molar-refractivity contribution in [2.24, 2.45) is 5.92 Å². The van der Waals surface area contributed by atoms with E-state index in [2.05, 4.69) is 10.1 Å². The van der Waals surface area contributed by atoms with Crippen LogP contribution in [0.1, 0.15) is 11.1 Å². The van der Waals surface area contributed by atoms with Crippen LogP contribution in [0.4, 0.5) is 8.78 Å². The highest BCUT2D eigenvalue weighted by atomic mass is 19.3. The summed E-state index contributed by atoms with van der Waals surface area (Å²) in [5.74, 6) is -1.94. The van der Waals surface area contributed by atoms with Gasteiger partial charge in [0.05, 0.1) is 19.4 Å². The summed E-state index contributed by atoms with van der Waals surface area (Å²) in [5, 5.41) is 12.0. The average molecular weight is 393 g/mol. The first kappa shape index (κ1) is 21.1. The molecule has 2 rings (SSSR count). The molecule has 0 spiro atoms. The fourth-order valence-electron chi connectivity index (χ4n) is 2.72. The third kappa shape index (κ3) is 6.22. The number of methoxy groups -OCH3 is 1. The first-order valence-electron chi connectivity index (χ1n) is 8.54. The minimum Gasteiger partial charge on any atom is -0.496 e. The molecule has 0 aliphatic rings. The Morgan fingerprint density at radius 3 is 2.25 bits per heavy atom. The predicted octanol–water partition coefficient (Wildman–Crippen LogP) is 2.90. The fourth-order valence-corrected chi connectivity index (χ4v) is 2.72. The third-order valence-electron chi connectivity index (χ3n) is 4.09. The maximum Gasteiger partial charge on any atom is 0.387 e. The quantitative estimate of drug-likeness (QED) is 0.648. The van der Waals surface area contributed by atoms with E-state index in [0.29, 0.717) is 11.3 Å². The summed E-state index contributed by atoms with van der Waals surface area (Å²) in [6.07, 6.45) is -0.0331. The lowest BCUT2D eigenvalue weighted by Gasteiger charge is -2.16. The summed E-state index contributed by atoms with van der Waals surface area (Å²) >= 11 is 0. The molecule has 0 aliphatic heterocycles. The molecule has 0 aromatic heterocycles. The van der Waals surface area contributed by atoms with Crippen molar-refractivity contribution in [1.82, 2.24) is 5.32 Å². The zero-order chi connectivity index (χ0) is 20.5. The highest BCUT2D eigenvalue weighted by Crippen LogP contribution is 2.22. The number of carboxylic acids is 1. The first-order valence-corrected chi connectivity index (χ1v) is 8.54. The molecule has 1 amide bonds. The van der Waals surface area contributed by atoms with Gasteiger partial charge in [-0.1, -0.05) is 36.4 Å². The topological polar surface area (TPSA) is 84.9 Å². The number of amides is 1. The molecule has 2 aromatic carbocycles. The van der Waals surface area contributed by atoms with E-state index < -0.39 is 24.4 Å². The summed E-state index contributed by atoms with van der Waals surface area (Å²) in [4.78, 5) is 23.7. The lowest BCUT2D eigenvalue weighted by Crippen LogP contribution is -2.35. The Labute approximate surface area is 161 Å². The maximum atomic E-state index is 12.5. The molecule has 1 atom stereocenters. The Balaban J connectivity index is 1.99. The number of hydrogen-bond acceptors (Lipinski definition) is 4. The van der Waals surface area contributed by atoms with Gasteiger partial charge in [-0.25, -0.2) is 0 Å². The number of para-hydroxylation sites is 2. The molecule has 8 heteroatoms. The van der Waals surface area contributed by atoms with Gasteiger partial charge in [0, 0.05) is 12.1 Å². The highest BCUT2D eigenvalue weighted by Gasteiger charge is 2.21. The van der Waals surface area contributed by atoms with Gasteiger partial charge in [-0.2, -0.15) is 8.78 Å². The minimum absolute atomic E-state index is 0.0866. The summed E-state index contributed by atoms with van der Waals surface area (Å²) in [5.41, 5.74) is 0.999. The molecule has 2 N–H and O–H groups in total. The molecule has 0 fully saturated rings. The van der Waals surface area contributed by atoms with E-state index >= 15 is 0 Å². The lowest BCUT2D eigenvalue weighted by molar-refractivity contribution is -0.141. The number of halogens is 2. The van der Waals surface area contributed by atoms with Crippen molar-refractivity contribution >= 4 is 11.9 Å². The van der Waals surface area contributed by atoms with Gasteiger partial charge in [-0.15, -0.1) is 0 Å². The molecule has 0 saturated heterocycles. The van der Waals surface area contributed by atoms with Crippen molar-refractivity contribution in [3.05, 3.63) is 59.7 Å². The Morgan fingerprint density at radius 1 is 1.04 bits per heavy atom. The minimum atomic E-state index is -3.00. The van der Waals surface area contributed by atoms with Crippen LogP contribution >= 0.6 is 0 Å². The van der Waals surface area contributed by atoms with E-state index in [1.165, 1.54) is 25.3 Å². The second kappa shape index (κ2) is 10.2. The number of benzene rings is 2. The second-order valence-electron chi connectivity index (χ2n) is 6.02. The molecule has 0 aliphatic carbocycles. The SMILES string of the molecule is COc1ccccc1CC(CNC(=O)Cc1ccccc1OC(F)F)C(=O)O. The number of alkyl halides is 2. The molecule has 2 aromatic rings. The molecule has 150 valence electrons. The molecule has 0 radical (unpaired) electrons. The van der Waals surface area contributed by atoms with Crippen molar-refractivity contribution in [1.29, 1.82) is 0 Å². The Bertz CT molecular complexity index is 813. The lowest BCUT2D eigenvalue weighted by atomic mass is 9.98. The van der Waals surface area contributed by atoms with Crippen LogP contribution in [0, 0.1) is 5.92 Å². The molecule has 6 nitrogen and oxygen atoms in total. The zero-order valence-electron chi connectivity index (χ0n) is 15.2. The Kier molecular flexibility index (Phi) is 7.74. The van der Waals surface area contributed by atoms with E-state index in [0.717, 1.165) is 0 Å². The smallest absolute Gasteiger partial charge is 0.387 e. The van der Waals surface area contributed by atoms with Crippen LogP contribution in [0.25, 0.3) is 0 Å². The van der Waals surface area contributed by atoms with E-state index in [-0.39, 0.29) is 30.7 Å². The van der Waals surface area contributed by atoms with Gasteiger partial charge < -0.3 is 19.9 Å². The van der Waals surface area contributed by atoms with E-state index in [1.54, 1.807) is 30.3 Å². The van der Waals surface area contributed by atoms with E-state index in [4.69, 9.17) is 4.74 Å². The van der Waals surface area contributed by atoms with E-state index in [9.17, 15) is 23.5 Å². The molecule has 1 unspecified atom stereocenters. The number of hydrogen-bond donors (Lipinski definition) is 2. The molecule has 0 saturated carbocycles. The van der Waals surface area contributed by atoms with Crippen molar-refractivity contribution in [3.63, 3.8) is 0 Å². The van der Waals surface area contributed by atoms with Crippen molar-refractivity contribution in [3.8, 4) is 11.5 Å². The number of carbonyl (C=O) groups is 2. The maximum absolute atomic E-state index is 12.5. The largest absolute Gasteiger partial charge is 0.496 e. The number of carbonyl (C=O) groups excluding carboxylic acids is 1. The van der Waals surface area contributed by atoms with Gasteiger partial charge in [0.15, 0.2) is 0 Å². The number of carboxylic acid groups (broad SMARTS) is 1. The molecule has 0 bridgehead atoms. The zero-order valence-corrected chi connectivity index (χ0v) is 15.2. The molecular weight excluding hydrogens is 372 g/mol. The van der Waals surface area contributed by atoms with Gasteiger partial charge in [0.2, 0.25) is 5.91 Å². The second-order valence-corrected chi connectivity index (χ2v) is 6.02. The van der Waals surface area contributed by atoms with Crippen LogP contribution in [0.15, 0.2) is 48.5 Å². The summed E-state index contributed by atoms with van der Waals surface area (Å²) in [6, 6.07) is 13.0. The van der Waals surface area contributed by atoms with Crippen LogP contribution in [-0.4, -0.2) is 37.2 Å². The van der Waals surface area contributed by atoms with Gasteiger partial charge in [-0.3, -0.25) is 9.59 Å². The van der Waals surface area contributed by atoms with Crippen LogP contribution in [0.2, 0.25) is 0 Å². The Hall–Kier alpha value is -3.16. The van der Waals surface area contributed by atoms with Gasteiger partial charge in [-0.05, 0) is 24.1 Å². The van der Waals surface area contributed by atoms with E-state index in [1.807, 2.05) is 0 Å². The van der Waals surface area contributed by atoms with Gasteiger partial charge in [0.1, 0.15) is 11.5 Å². The standard InChI is InChI=1S/C20H21F2NO5/c1-27-16-8-4-2-6-13(16)10-15(19(25)26)12-23-18(24)11-14-7-3-5-9-17(14)28-20(21)22/h2-9,15,20H,10-12H2,1H3,(H,23,24)(H,25,26). The van der Waals surface area contributed by atoms with Crippen molar-refractivity contribution in [2.75, 3.05) is 13.7 Å². The molecule has 0 heterocycles. The highest BCUT2D eigenvalue weighted by molar-refractivity contribution is 5.80. The van der Waals surface area contributed by atoms with Crippen molar-refractivity contribution < 1.29 is 33.0 Å². The van der Waals surface area contributed by atoms with Crippen LogP contribution < -0.4 is 14.8 Å². The average Bonchev–Trinajstić information content (AvgIpc) is 2.66. The molecular formula is C20H21F2NO5. The van der Waals surface area contributed by atoms with Crippen LogP contribution in [-0.2, 0) is 22.4 Å². The number of ether oxygens (including phenoxy) is 2. The first-order chi connectivity index (χ1) is 13.4. The predicted molar refractivity (Wildman–Crippen MR) is 97.6 cm³/mol.